The van der Waals surface area contributed by atoms with Crippen molar-refractivity contribution in [1.29, 1.82) is 0 Å². The summed E-state index contributed by atoms with van der Waals surface area (Å²) in [6, 6.07) is 0.415. The molecule has 0 spiro atoms. The highest BCUT2D eigenvalue weighted by Crippen LogP contribution is 2.49. The zero-order valence-corrected chi connectivity index (χ0v) is 9.20. The molecule has 0 amide bonds. The molecular weight excluding hydrogens is 176 g/mol. The van der Waals surface area contributed by atoms with Gasteiger partial charge in [0, 0.05) is 30.5 Å². The molecule has 4 N–H and O–H groups in total. The van der Waals surface area contributed by atoms with Crippen molar-refractivity contribution in [3.63, 3.8) is 0 Å². The van der Waals surface area contributed by atoms with Crippen molar-refractivity contribution in [3.05, 3.63) is 0 Å². The molecule has 0 aromatic heterocycles. The highest BCUT2D eigenvalue weighted by Gasteiger charge is 2.57. The van der Waals surface area contributed by atoms with Crippen molar-refractivity contribution in [3.8, 4) is 0 Å². The minimum absolute atomic E-state index is 0.242. The molecule has 0 radical (unpaired) electrons. The van der Waals surface area contributed by atoms with Crippen LogP contribution in [0.25, 0.3) is 0 Å². The first-order chi connectivity index (χ1) is 6.39. The van der Waals surface area contributed by atoms with Gasteiger partial charge in [0.2, 0.25) is 0 Å². The van der Waals surface area contributed by atoms with Crippen LogP contribution in [0.15, 0.2) is 4.99 Å². The van der Waals surface area contributed by atoms with E-state index in [0.29, 0.717) is 17.9 Å². The third-order valence-corrected chi connectivity index (χ3v) is 3.40. The molecule has 2 fully saturated rings. The summed E-state index contributed by atoms with van der Waals surface area (Å²) in [6.45, 7) is 9.07. The van der Waals surface area contributed by atoms with Crippen LogP contribution in [-0.2, 0) is 0 Å². The SMILES string of the molecule is CC(C)(C)N1CC2C(C1)C2N=C(N)N. The second-order valence-electron chi connectivity index (χ2n) is 5.45. The van der Waals surface area contributed by atoms with Gasteiger partial charge in [0.1, 0.15) is 0 Å². The molecule has 1 aliphatic carbocycles. The molecule has 1 aliphatic heterocycles. The van der Waals surface area contributed by atoms with Crippen molar-refractivity contribution < 1.29 is 0 Å². The Hall–Kier alpha value is -0.770. The first-order valence-corrected chi connectivity index (χ1v) is 5.23. The van der Waals surface area contributed by atoms with Crippen LogP contribution in [-0.4, -0.2) is 35.5 Å². The number of hydrogen-bond acceptors (Lipinski definition) is 2. The lowest BCUT2D eigenvalue weighted by Crippen LogP contribution is -2.41. The van der Waals surface area contributed by atoms with Gasteiger partial charge < -0.3 is 11.5 Å². The zero-order chi connectivity index (χ0) is 10.5. The summed E-state index contributed by atoms with van der Waals surface area (Å²) in [4.78, 5) is 6.75. The molecule has 2 rings (SSSR count). The molecule has 14 heavy (non-hydrogen) atoms. The molecule has 2 aliphatic rings. The Bertz CT molecular complexity index is 250. The Balaban J connectivity index is 1.91. The van der Waals surface area contributed by atoms with Crippen molar-refractivity contribution in [2.45, 2.75) is 32.4 Å². The molecule has 1 saturated heterocycles. The van der Waals surface area contributed by atoms with Gasteiger partial charge in [-0.1, -0.05) is 0 Å². The summed E-state index contributed by atoms with van der Waals surface area (Å²) >= 11 is 0. The molecule has 2 atom stereocenters. The minimum Gasteiger partial charge on any atom is -0.370 e. The Morgan fingerprint density at radius 2 is 1.71 bits per heavy atom. The average Bonchev–Trinajstić information content (AvgIpc) is 2.50. The summed E-state index contributed by atoms with van der Waals surface area (Å²) in [5.41, 5.74) is 11.0. The van der Waals surface area contributed by atoms with Gasteiger partial charge in [-0.3, -0.25) is 4.90 Å². The molecule has 4 heteroatoms. The van der Waals surface area contributed by atoms with E-state index < -0.39 is 0 Å². The van der Waals surface area contributed by atoms with Crippen molar-refractivity contribution in [2.75, 3.05) is 13.1 Å². The van der Waals surface area contributed by atoms with Gasteiger partial charge in [-0.05, 0) is 20.8 Å². The second-order valence-corrected chi connectivity index (χ2v) is 5.45. The highest BCUT2D eigenvalue weighted by molar-refractivity contribution is 5.76. The van der Waals surface area contributed by atoms with Crippen LogP contribution >= 0.6 is 0 Å². The molecule has 0 bridgehead atoms. The Labute approximate surface area is 85.3 Å². The number of nitrogens with two attached hydrogens (primary N) is 2. The van der Waals surface area contributed by atoms with E-state index in [4.69, 9.17) is 11.5 Å². The van der Waals surface area contributed by atoms with Crippen LogP contribution in [0.3, 0.4) is 0 Å². The normalized spacial score (nSPS) is 36.6. The fourth-order valence-corrected chi connectivity index (χ4v) is 2.41. The van der Waals surface area contributed by atoms with Gasteiger partial charge in [0.15, 0.2) is 5.96 Å². The second kappa shape index (κ2) is 2.86. The topological polar surface area (TPSA) is 67.6 Å². The van der Waals surface area contributed by atoms with Gasteiger partial charge in [0.25, 0.3) is 0 Å². The maximum Gasteiger partial charge on any atom is 0.186 e. The van der Waals surface area contributed by atoms with E-state index in [1.165, 1.54) is 0 Å². The molecule has 2 unspecified atom stereocenters. The van der Waals surface area contributed by atoms with Gasteiger partial charge >= 0.3 is 0 Å². The van der Waals surface area contributed by atoms with Crippen molar-refractivity contribution >= 4 is 5.96 Å². The quantitative estimate of drug-likeness (QED) is 0.458. The number of guanidine groups is 1. The number of aliphatic imine (C=N–C) groups is 1. The first kappa shape index (κ1) is 9.77. The van der Waals surface area contributed by atoms with Crippen LogP contribution in [0.4, 0.5) is 0 Å². The van der Waals surface area contributed by atoms with Crippen LogP contribution < -0.4 is 11.5 Å². The van der Waals surface area contributed by atoms with E-state index in [1.54, 1.807) is 0 Å². The Morgan fingerprint density at radius 3 is 2.07 bits per heavy atom. The fraction of sp³-hybridized carbons (Fsp3) is 0.900. The summed E-state index contributed by atoms with van der Waals surface area (Å²) in [6.07, 6.45) is 0. The lowest BCUT2D eigenvalue weighted by molar-refractivity contribution is 0.153. The maximum atomic E-state index is 5.37. The zero-order valence-electron chi connectivity index (χ0n) is 9.20. The van der Waals surface area contributed by atoms with Gasteiger partial charge in [-0.15, -0.1) is 0 Å². The summed E-state index contributed by atoms with van der Waals surface area (Å²) in [5, 5.41) is 0. The predicted molar refractivity (Wildman–Crippen MR) is 57.9 cm³/mol. The first-order valence-electron chi connectivity index (χ1n) is 5.23. The summed E-state index contributed by atoms with van der Waals surface area (Å²) < 4.78 is 0. The number of piperidine rings is 1. The van der Waals surface area contributed by atoms with Gasteiger partial charge in [0.05, 0.1) is 6.04 Å². The number of hydrogen-bond donors (Lipinski definition) is 2. The number of rotatable bonds is 1. The van der Waals surface area contributed by atoms with E-state index in [1.807, 2.05) is 0 Å². The molecule has 1 saturated carbocycles. The molecule has 0 aromatic rings. The minimum atomic E-state index is 0.242. The third-order valence-electron chi connectivity index (χ3n) is 3.40. The highest BCUT2D eigenvalue weighted by atomic mass is 15.3. The Morgan fingerprint density at radius 1 is 1.21 bits per heavy atom. The molecule has 4 nitrogen and oxygen atoms in total. The van der Waals surface area contributed by atoms with E-state index in [-0.39, 0.29) is 11.5 Å². The predicted octanol–water partition coefficient (Wildman–Crippen LogP) is -0.0115. The van der Waals surface area contributed by atoms with Gasteiger partial charge in [-0.25, -0.2) is 4.99 Å². The number of nitrogens with zero attached hydrogens (tertiary/aromatic N) is 2. The van der Waals surface area contributed by atoms with Crippen LogP contribution in [0, 0.1) is 11.8 Å². The summed E-state index contributed by atoms with van der Waals surface area (Å²) in [5.74, 6) is 1.65. The lowest BCUT2D eigenvalue weighted by Gasteiger charge is -2.33. The number of likely N-dealkylation sites (tertiary alicyclic amines) is 1. The molecule has 0 aromatic carbocycles. The van der Waals surface area contributed by atoms with E-state index in [0.717, 1.165) is 13.1 Å². The van der Waals surface area contributed by atoms with E-state index in [2.05, 4.69) is 30.7 Å². The Kier molecular flexibility index (Phi) is 2.00. The van der Waals surface area contributed by atoms with Crippen LogP contribution in [0.5, 0.6) is 0 Å². The number of fused-ring (bicyclic) bond motifs is 1. The molecular formula is C10H20N4. The lowest BCUT2D eigenvalue weighted by atomic mass is 10.1. The molecule has 80 valence electrons. The monoisotopic (exact) mass is 196 g/mol. The smallest absolute Gasteiger partial charge is 0.186 e. The largest absolute Gasteiger partial charge is 0.370 e. The van der Waals surface area contributed by atoms with Crippen molar-refractivity contribution in [1.82, 2.24) is 4.90 Å². The fourth-order valence-electron chi connectivity index (χ4n) is 2.41. The average molecular weight is 196 g/mol. The summed E-state index contributed by atoms with van der Waals surface area (Å²) in [7, 11) is 0. The maximum absolute atomic E-state index is 5.37. The third kappa shape index (κ3) is 1.59. The van der Waals surface area contributed by atoms with E-state index in [9.17, 15) is 0 Å². The molecule has 1 heterocycles. The van der Waals surface area contributed by atoms with Crippen LogP contribution in [0.2, 0.25) is 0 Å². The van der Waals surface area contributed by atoms with Gasteiger partial charge in [-0.2, -0.15) is 0 Å². The van der Waals surface area contributed by atoms with Crippen molar-refractivity contribution in [2.24, 2.45) is 28.3 Å². The van der Waals surface area contributed by atoms with Crippen LogP contribution in [0.1, 0.15) is 20.8 Å². The van der Waals surface area contributed by atoms with E-state index >= 15 is 0 Å². The standard InChI is InChI=1S/C10H20N4/c1-10(2,3)14-4-6-7(5-14)8(6)13-9(11)12/h6-8H,4-5H2,1-3H3,(H4,11,12,13).